The number of aryl methyl sites for hydroxylation is 1. The predicted octanol–water partition coefficient (Wildman–Crippen LogP) is 4.28. The number of nitrogens with zero attached hydrogens (tertiary/aromatic N) is 2. The summed E-state index contributed by atoms with van der Waals surface area (Å²) < 4.78 is 36.2. The number of nitrogens with one attached hydrogen (secondary N) is 1. The van der Waals surface area contributed by atoms with Crippen molar-refractivity contribution in [2.75, 3.05) is 39.9 Å². The molecule has 8 heteroatoms. The first kappa shape index (κ1) is 24.2. The number of likely N-dealkylation sites (tertiary alicyclic amines) is 1. The van der Waals surface area contributed by atoms with Gasteiger partial charge in [-0.05, 0) is 81.6 Å². The number of aromatic nitrogens is 1. The molecular weight excluding hydrogens is 449 g/mol. The lowest BCUT2D eigenvalue weighted by Crippen LogP contribution is -2.39. The van der Waals surface area contributed by atoms with Gasteiger partial charge in [0.15, 0.2) is 11.9 Å². The van der Waals surface area contributed by atoms with Gasteiger partial charge in [-0.15, -0.1) is 0 Å². The minimum Gasteiger partial charge on any atom is -0.488 e. The molecule has 0 unspecified atom stereocenters. The van der Waals surface area contributed by atoms with E-state index in [9.17, 15) is 4.39 Å². The van der Waals surface area contributed by atoms with Crippen LogP contribution in [0.5, 0.6) is 5.75 Å². The summed E-state index contributed by atoms with van der Waals surface area (Å²) in [5.74, 6) is 1.19. The van der Waals surface area contributed by atoms with E-state index in [1.807, 2.05) is 19.2 Å². The molecule has 5 rings (SSSR count). The second-order valence-corrected chi connectivity index (χ2v) is 9.45. The standard InChI is InChI=1S/C27H34FN3O4/c1-29-16-23-25(34-18-20-2-5-21(28)6-3-20)9-7-22-24(30-35-27(22)23)8-4-19-10-12-31(13-11-19)17-26-32-14-15-33-26/h2-3,5-7,9,19,26,29H,4,8,10-18H2,1H3. The van der Waals surface area contributed by atoms with E-state index in [1.165, 1.54) is 25.0 Å². The molecule has 0 amide bonds. The van der Waals surface area contributed by atoms with Crippen molar-refractivity contribution >= 4 is 11.0 Å². The molecule has 2 aromatic carbocycles. The van der Waals surface area contributed by atoms with Gasteiger partial charge in [-0.25, -0.2) is 4.39 Å². The fraction of sp³-hybridized carbons (Fsp3) is 0.519. The molecule has 2 fully saturated rings. The van der Waals surface area contributed by atoms with E-state index in [2.05, 4.69) is 15.4 Å². The number of rotatable bonds is 10. The maximum absolute atomic E-state index is 13.2. The normalized spacial score (nSPS) is 18.0. The Balaban J connectivity index is 1.19. The van der Waals surface area contributed by atoms with E-state index < -0.39 is 0 Å². The number of ether oxygens (including phenoxy) is 3. The molecule has 0 saturated carbocycles. The molecule has 0 radical (unpaired) electrons. The highest BCUT2D eigenvalue weighted by Gasteiger charge is 2.25. The number of piperidine rings is 1. The first-order valence-electron chi connectivity index (χ1n) is 12.6. The number of benzene rings is 2. The van der Waals surface area contributed by atoms with Crippen LogP contribution >= 0.6 is 0 Å². The van der Waals surface area contributed by atoms with E-state index in [-0.39, 0.29) is 12.1 Å². The van der Waals surface area contributed by atoms with Crippen LogP contribution in [0.4, 0.5) is 4.39 Å². The van der Waals surface area contributed by atoms with Gasteiger partial charge in [-0.3, -0.25) is 4.90 Å². The van der Waals surface area contributed by atoms with Crippen LogP contribution in [0.25, 0.3) is 11.0 Å². The Morgan fingerprint density at radius 2 is 1.86 bits per heavy atom. The quantitative estimate of drug-likeness (QED) is 0.462. The Hall–Kier alpha value is -2.52. The lowest BCUT2D eigenvalue weighted by atomic mass is 9.91. The van der Waals surface area contributed by atoms with E-state index >= 15 is 0 Å². The van der Waals surface area contributed by atoms with Gasteiger partial charge in [-0.1, -0.05) is 17.3 Å². The average Bonchev–Trinajstić information content (AvgIpc) is 3.54. The number of halogens is 1. The van der Waals surface area contributed by atoms with Crippen LogP contribution in [0.2, 0.25) is 0 Å². The number of hydrogen-bond donors (Lipinski definition) is 1. The lowest BCUT2D eigenvalue weighted by Gasteiger charge is -2.32. The largest absolute Gasteiger partial charge is 0.488 e. The van der Waals surface area contributed by atoms with Crippen LogP contribution in [0.1, 0.15) is 36.1 Å². The Morgan fingerprint density at radius 3 is 2.60 bits per heavy atom. The predicted molar refractivity (Wildman–Crippen MR) is 131 cm³/mol. The molecule has 2 aliphatic rings. The van der Waals surface area contributed by atoms with Crippen molar-refractivity contribution in [3.05, 3.63) is 59.0 Å². The van der Waals surface area contributed by atoms with Gasteiger partial charge >= 0.3 is 0 Å². The van der Waals surface area contributed by atoms with Crippen molar-refractivity contribution in [2.45, 2.75) is 45.1 Å². The molecule has 0 atom stereocenters. The van der Waals surface area contributed by atoms with Crippen LogP contribution in [-0.2, 0) is 29.0 Å². The Kier molecular flexibility index (Phi) is 7.93. The highest BCUT2D eigenvalue weighted by atomic mass is 19.1. The van der Waals surface area contributed by atoms with Gasteiger partial charge < -0.3 is 24.1 Å². The van der Waals surface area contributed by atoms with Gasteiger partial charge in [0.25, 0.3) is 0 Å². The van der Waals surface area contributed by atoms with Crippen molar-refractivity contribution in [2.24, 2.45) is 5.92 Å². The van der Waals surface area contributed by atoms with Crippen LogP contribution in [0.3, 0.4) is 0 Å². The zero-order chi connectivity index (χ0) is 24.0. The monoisotopic (exact) mass is 483 g/mol. The van der Waals surface area contributed by atoms with E-state index in [4.69, 9.17) is 18.7 Å². The fourth-order valence-corrected chi connectivity index (χ4v) is 5.01. The molecule has 0 spiro atoms. The topological polar surface area (TPSA) is 69.0 Å². The third-order valence-electron chi connectivity index (χ3n) is 7.03. The van der Waals surface area contributed by atoms with Crippen molar-refractivity contribution in [1.82, 2.24) is 15.4 Å². The molecule has 1 N–H and O–H groups in total. The Bertz CT molecular complexity index is 1090. The molecule has 2 saturated heterocycles. The summed E-state index contributed by atoms with van der Waals surface area (Å²) in [6.45, 7) is 5.46. The summed E-state index contributed by atoms with van der Waals surface area (Å²) in [5.41, 5.74) is 3.65. The summed E-state index contributed by atoms with van der Waals surface area (Å²) in [5, 5.41) is 8.69. The molecule has 0 bridgehead atoms. The second-order valence-electron chi connectivity index (χ2n) is 9.45. The van der Waals surface area contributed by atoms with E-state index in [1.54, 1.807) is 12.1 Å². The third kappa shape index (κ3) is 6.01. The Morgan fingerprint density at radius 1 is 1.09 bits per heavy atom. The molecule has 35 heavy (non-hydrogen) atoms. The summed E-state index contributed by atoms with van der Waals surface area (Å²) in [6.07, 6.45) is 4.34. The van der Waals surface area contributed by atoms with Crippen molar-refractivity contribution < 1.29 is 23.1 Å². The van der Waals surface area contributed by atoms with Crippen LogP contribution < -0.4 is 10.1 Å². The maximum Gasteiger partial charge on any atom is 0.175 e. The molecular formula is C27H34FN3O4. The minimum absolute atomic E-state index is 0.0515. The molecule has 1 aromatic heterocycles. The smallest absolute Gasteiger partial charge is 0.175 e. The molecule has 2 aliphatic heterocycles. The van der Waals surface area contributed by atoms with E-state index in [0.717, 1.165) is 66.0 Å². The van der Waals surface area contributed by atoms with Crippen molar-refractivity contribution in [3.8, 4) is 5.75 Å². The van der Waals surface area contributed by atoms with Gasteiger partial charge in [0.1, 0.15) is 18.2 Å². The second kappa shape index (κ2) is 11.5. The molecule has 3 aromatic rings. The summed E-state index contributed by atoms with van der Waals surface area (Å²) in [4.78, 5) is 2.45. The molecule has 0 aliphatic carbocycles. The van der Waals surface area contributed by atoms with Crippen LogP contribution in [0, 0.1) is 11.7 Å². The fourth-order valence-electron chi connectivity index (χ4n) is 5.01. The van der Waals surface area contributed by atoms with Crippen LogP contribution in [0.15, 0.2) is 40.9 Å². The lowest BCUT2D eigenvalue weighted by molar-refractivity contribution is -0.0661. The summed E-state index contributed by atoms with van der Waals surface area (Å²) >= 11 is 0. The van der Waals surface area contributed by atoms with Crippen LogP contribution in [-0.4, -0.2) is 56.2 Å². The van der Waals surface area contributed by atoms with Gasteiger partial charge in [0, 0.05) is 18.5 Å². The molecule has 3 heterocycles. The highest BCUT2D eigenvalue weighted by molar-refractivity contribution is 5.84. The number of hydrogen-bond acceptors (Lipinski definition) is 7. The van der Waals surface area contributed by atoms with Gasteiger partial charge in [0.2, 0.25) is 0 Å². The third-order valence-corrected chi connectivity index (χ3v) is 7.03. The molecule has 7 nitrogen and oxygen atoms in total. The summed E-state index contributed by atoms with van der Waals surface area (Å²) in [7, 11) is 1.90. The van der Waals surface area contributed by atoms with Crippen molar-refractivity contribution in [1.29, 1.82) is 0 Å². The first-order chi connectivity index (χ1) is 17.2. The van der Waals surface area contributed by atoms with E-state index in [0.29, 0.717) is 32.3 Å². The molecule has 188 valence electrons. The Labute approximate surface area is 205 Å². The van der Waals surface area contributed by atoms with Gasteiger partial charge in [0.05, 0.1) is 24.5 Å². The highest BCUT2D eigenvalue weighted by Crippen LogP contribution is 2.32. The minimum atomic E-state index is -0.251. The SMILES string of the molecule is CNCc1c(OCc2ccc(F)cc2)ccc2c(CCC3CCN(CC4OCCO4)CC3)noc12. The van der Waals surface area contributed by atoms with Crippen molar-refractivity contribution in [3.63, 3.8) is 0 Å². The number of fused-ring (bicyclic) bond motifs is 1. The average molecular weight is 484 g/mol. The zero-order valence-electron chi connectivity index (χ0n) is 20.3. The first-order valence-corrected chi connectivity index (χ1v) is 12.6. The summed E-state index contributed by atoms with van der Waals surface area (Å²) in [6, 6.07) is 10.4. The zero-order valence-corrected chi connectivity index (χ0v) is 20.3. The van der Waals surface area contributed by atoms with Gasteiger partial charge in [-0.2, -0.15) is 0 Å². The maximum atomic E-state index is 13.2.